The molecule has 1 unspecified atom stereocenters. The lowest BCUT2D eigenvalue weighted by molar-refractivity contribution is -0.145. The molecule has 1 aliphatic heterocycles. The molecular weight excluding hydrogens is 369 g/mol. The van der Waals surface area contributed by atoms with Gasteiger partial charge in [-0.15, -0.1) is 0 Å². The van der Waals surface area contributed by atoms with Crippen LogP contribution in [0.25, 0.3) is 0 Å². The SMILES string of the molecule is CC1=C(C(=O)OC2CCCCCC2)C(c2cccc(F)c2)C2=C(CCCC2=O)N1. The van der Waals surface area contributed by atoms with Crippen LogP contribution in [0.4, 0.5) is 4.39 Å². The monoisotopic (exact) mass is 397 g/mol. The Bertz CT molecular complexity index is 878. The summed E-state index contributed by atoms with van der Waals surface area (Å²) in [5, 5.41) is 3.29. The van der Waals surface area contributed by atoms with Gasteiger partial charge in [0.05, 0.1) is 5.57 Å². The van der Waals surface area contributed by atoms with Gasteiger partial charge >= 0.3 is 5.97 Å². The second kappa shape index (κ2) is 8.52. The van der Waals surface area contributed by atoms with Crippen LogP contribution in [0.3, 0.4) is 0 Å². The Hall–Kier alpha value is -2.43. The van der Waals surface area contributed by atoms with Crippen LogP contribution in [-0.2, 0) is 14.3 Å². The number of ether oxygens (including phenoxy) is 1. The number of dihydropyridines is 1. The van der Waals surface area contributed by atoms with Crippen molar-refractivity contribution in [2.75, 3.05) is 0 Å². The Labute approximate surface area is 171 Å². The molecule has 0 amide bonds. The van der Waals surface area contributed by atoms with E-state index in [0.29, 0.717) is 28.8 Å². The van der Waals surface area contributed by atoms with Crippen molar-refractivity contribution in [3.8, 4) is 0 Å². The smallest absolute Gasteiger partial charge is 0.337 e. The molecule has 0 bridgehead atoms. The number of rotatable bonds is 3. The van der Waals surface area contributed by atoms with Gasteiger partial charge < -0.3 is 10.1 Å². The van der Waals surface area contributed by atoms with E-state index in [1.165, 1.54) is 25.0 Å². The van der Waals surface area contributed by atoms with E-state index in [1.54, 1.807) is 12.1 Å². The van der Waals surface area contributed by atoms with Gasteiger partial charge in [-0.1, -0.05) is 25.0 Å². The van der Waals surface area contributed by atoms with E-state index < -0.39 is 5.92 Å². The second-order valence-corrected chi connectivity index (χ2v) is 8.34. The minimum absolute atomic E-state index is 0.0280. The highest BCUT2D eigenvalue weighted by molar-refractivity contribution is 6.03. The van der Waals surface area contributed by atoms with Crippen LogP contribution in [0.1, 0.15) is 76.2 Å². The van der Waals surface area contributed by atoms with Crippen molar-refractivity contribution >= 4 is 11.8 Å². The molecule has 5 heteroatoms. The topological polar surface area (TPSA) is 55.4 Å². The van der Waals surface area contributed by atoms with E-state index in [9.17, 15) is 14.0 Å². The Kier molecular flexibility index (Phi) is 5.84. The molecule has 3 aliphatic rings. The lowest BCUT2D eigenvalue weighted by atomic mass is 9.75. The van der Waals surface area contributed by atoms with Crippen LogP contribution in [0.5, 0.6) is 0 Å². The van der Waals surface area contributed by atoms with Crippen molar-refractivity contribution in [2.24, 2.45) is 0 Å². The lowest BCUT2D eigenvalue weighted by Gasteiger charge is -2.34. The molecule has 29 heavy (non-hydrogen) atoms. The second-order valence-electron chi connectivity index (χ2n) is 8.34. The van der Waals surface area contributed by atoms with Gasteiger partial charge in [-0.3, -0.25) is 4.79 Å². The van der Waals surface area contributed by atoms with Crippen molar-refractivity contribution in [3.63, 3.8) is 0 Å². The number of Topliss-reactive ketones (excluding diaryl/α,β-unsaturated/α-hetero) is 1. The minimum atomic E-state index is -0.576. The third kappa shape index (κ3) is 4.14. The third-order valence-corrected chi connectivity index (χ3v) is 6.25. The number of benzene rings is 1. The van der Waals surface area contributed by atoms with E-state index in [4.69, 9.17) is 4.74 Å². The summed E-state index contributed by atoms with van der Waals surface area (Å²) in [5.41, 5.74) is 3.22. The standard InChI is InChI=1S/C24H28FNO3/c1-15-21(24(28)29-18-10-4-2-3-5-11-18)22(16-8-6-9-17(25)14-16)23-19(26-15)12-7-13-20(23)27/h6,8-9,14,18,22,26H,2-5,7,10-13H2,1H3. The highest BCUT2D eigenvalue weighted by atomic mass is 19.1. The van der Waals surface area contributed by atoms with E-state index in [0.717, 1.165) is 44.2 Å². The van der Waals surface area contributed by atoms with Gasteiger partial charge in [0.2, 0.25) is 0 Å². The maximum atomic E-state index is 14.0. The Balaban J connectivity index is 1.71. The first-order valence-corrected chi connectivity index (χ1v) is 10.7. The van der Waals surface area contributed by atoms with Gasteiger partial charge in [-0.25, -0.2) is 9.18 Å². The van der Waals surface area contributed by atoms with Crippen molar-refractivity contribution in [2.45, 2.75) is 76.7 Å². The molecule has 0 radical (unpaired) electrons. The Morgan fingerprint density at radius 3 is 2.59 bits per heavy atom. The molecule has 1 saturated carbocycles. The maximum Gasteiger partial charge on any atom is 0.337 e. The highest BCUT2D eigenvalue weighted by Gasteiger charge is 2.39. The molecule has 1 aromatic carbocycles. The van der Waals surface area contributed by atoms with E-state index in [1.807, 2.05) is 6.92 Å². The number of hydrogen-bond donors (Lipinski definition) is 1. The predicted molar refractivity (Wildman–Crippen MR) is 108 cm³/mol. The van der Waals surface area contributed by atoms with Crippen LogP contribution in [0.2, 0.25) is 0 Å². The fraction of sp³-hybridized carbons (Fsp3) is 0.500. The Morgan fingerprint density at radius 1 is 1.10 bits per heavy atom. The Morgan fingerprint density at radius 2 is 1.86 bits per heavy atom. The largest absolute Gasteiger partial charge is 0.459 e. The van der Waals surface area contributed by atoms with Crippen molar-refractivity contribution < 1.29 is 18.7 Å². The van der Waals surface area contributed by atoms with Crippen LogP contribution in [0.15, 0.2) is 46.8 Å². The van der Waals surface area contributed by atoms with Gasteiger partial charge in [0, 0.05) is 29.3 Å². The normalized spacial score (nSPS) is 23.4. The molecule has 1 aromatic rings. The maximum absolute atomic E-state index is 14.0. The predicted octanol–water partition coefficient (Wildman–Crippen LogP) is 5.06. The lowest BCUT2D eigenvalue weighted by Crippen LogP contribution is -2.35. The number of allylic oxidation sites excluding steroid dienone is 3. The zero-order valence-corrected chi connectivity index (χ0v) is 16.9. The molecule has 0 saturated heterocycles. The molecule has 1 fully saturated rings. The van der Waals surface area contributed by atoms with Gasteiger partial charge in [0.15, 0.2) is 5.78 Å². The van der Waals surface area contributed by atoms with E-state index in [-0.39, 0.29) is 23.7 Å². The molecule has 4 nitrogen and oxygen atoms in total. The fourth-order valence-electron chi connectivity index (χ4n) is 4.85. The molecular formula is C24H28FNO3. The molecule has 0 spiro atoms. The number of carbonyl (C=O) groups excluding carboxylic acids is 2. The zero-order chi connectivity index (χ0) is 20.4. The first-order chi connectivity index (χ1) is 14.0. The summed E-state index contributed by atoms with van der Waals surface area (Å²) in [6.07, 6.45) is 8.15. The summed E-state index contributed by atoms with van der Waals surface area (Å²) >= 11 is 0. The summed E-state index contributed by atoms with van der Waals surface area (Å²) in [6.45, 7) is 1.85. The van der Waals surface area contributed by atoms with Crippen molar-refractivity contribution in [3.05, 3.63) is 58.2 Å². The quantitative estimate of drug-likeness (QED) is 0.572. The van der Waals surface area contributed by atoms with Crippen LogP contribution in [-0.4, -0.2) is 17.9 Å². The number of ketones is 1. The van der Waals surface area contributed by atoms with Gasteiger partial charge in [-0.2, -0.15) is 0 Å². The third-order valence-electron chi connectivity index (χ3n) is 6.25. The van der Waals surface area contributed by atoms with Crippen LogP contribution in [0, 0.1) is 5.82 Å². The minimum Gasteiger partial charge on any atom is -0.459 e. The summed E-state index contributed by atoms with van der Waals surface area (Å²) in [5.74, 6) is -1.31. The highest BCUT2D eigenvalue weighted by Crippen LogP contribution is 2.42. The number of halogens is 1. The molecule has 2 aliphatic carbocycles. The first kappa shape index (κ1) is 19.9. The van der Waals surface area contributed by atoms with Crippen molar-refractivity contribution in [1.29, 1.82) is 0 Å². The fourth-order valence-corrected chi connectivity index (χ4v) is 4.85. The molecule has 0 aromatic heterocycles. The average molecular weight is 397 g/mol. The van der Waals surface area contributed by atoms with Crippen molar-refractivity contribution in [1.82, 2.24) is 5.32 Å². The molecule has 1 N–H and O–H groups in total. The average Bonchev–Trinajstić information content (AvgIpc) is 2.95. The zero-order valence-electron chi connectivity index (χ0n) is 16.9. The van der Waals surface area contributed by atoms with Gasteiger partial charge in [0.1, 0.15) is 11.9 Å². The molecule has 1 atom stereocenters. The number of esters is 1. The number of hydrogen-bond acceptors (Lipinski definition) is 4. The molecule has 1 heterocycles. The summed E-state index contributed by atoms with van der Waals surface area (Å²) in [7, 11) is 0. The first-order valence-electron chi connectivity index (χ1n) is 10.7. The van der Waals surface area contributed by atoms with Gasteiger partial charge in [0.25, 0.3) is 0 Å². The summed E-state index contributed by atoms with van der Waals surface area (Å²) in [6, 6.07) is 6.22. The van der Waals surface area contributed by atoms with Crippen LogP contribution >= 0.6 is 0 Å². The van der Waals surface area contributed by atoms with E-state index in [2.05, 4.69) is 5.32 Å². The molecule has 4 rings (SSSR count). The number of carbonyl (C=O) groups is 2. The summed E-state index contributed by atoms with van der Waals surface area (Å²) in [4.78, 5) is 26.1. The summed E-state index contributed by atoms with van der Waals surface area (Å²) < 4.78 is 20.0. The van der Waals surface area contributed by atoms with Crippen LogP contribution < -0.4 is 5.32 Å². The molecule has 154 valence electrons. The number of nitrogens with one attached hydrogen (secondary N) is 1. The van der Waals surface area contributed by atoms with Gasteiger partial charge in [-0.05, 0) is 63.1 Å². The van der Waals surface area contributed by atoms with E-state index >= 15 is 0 Å².